The molecule has 3 saturated heterocycles. The molecule has 9 heteroatoms. The van der Waals surface area contributed by atoms with Crippen LogP contribution in [0.2, 0.25) is 0 Å². The lowest BCUT2D eigenvalue weighted by atomic mass is 9.81. The van der Waals surface area contributed by atoms with Gasteiger partial charge in [-0.3, -0.25) is 4.79 Å². The van der Waals surface area contributed by atoms with Crippen molar-refractivity contribution in [3.8, 4) is 0 Å². The summed E-state index contributed by atoms with van der Waals surface area (Å²) >= 11 is 0. The van der Waals surface area contributed by atoms with Crippen LogP contribution in [0.15, 0.2) is 10.2 Å². The molecule has 4 aliphatic heterocycles. The first-order valence-electron chi connectivity index (χ1n) is 8.90. The number of hydrogen-bond donors (Lipinski definition) is 0. The molecular weight excluding hydrogens is 344 g/mol. The molecule has 4 rings (SSSR count). The largest absolute Gasteiger partial charge is 0.436 e. The second kappa shape index (κ2) is 5.45. The maximum atomic E-state index is 11.5. The van der Waals surface area contributed by atoms with Gasteiger partial charge in [-0.25, -0.2) is 0 Å². The van der Waals surface area contributed by atoms with Crippen LogP contribution in [-0.4, -0.2) is 60.0 Å². The number of azo groups is 1. The Morgan fingerprint density at radius 3 is 2.35 bits per heavy atom. The fourth-order valence-corrected chi connectivity index (χ4v) is 4.34. The maximum Gasteiger partial charge on any atom is 0.304 e. The number of carbonyl (C=O) groups is 1. The summed E-state index contributed by atoms with van der Waals surface area (Å²) in [5, 5.41) is 8.82. The third-order valence-electron chi connectivity index (χ3n) is 5.11. The van der Waals surface area contributed by atoms with Crippen LogP contribution in [-0.2, 0) is 33.2 Å². The van der Waals surface area contributed by atoms with E-state index in [1.165, 1.54) is 6.92 Å². The van der Waals surface area contributed by atoms with Crippen LogP contribution in [0.5, 0.6) is 0 Å². The van der Waals surface area contributed by atoms with Crippen molar-refractivity contribution in [3.05, 3.63) is 0 Å². The van der Waals surface area contributed by atoms with E-state index >= 15 is 0 Å². The van der Waals surface area contributed by atoms with Gasteiger partial charge in [0.15, 0.2) is 17.9 Å². The summed E-state index contributed by atoms with van der Waals surface area (Å²) in [5.74, 6) is -1.92. The molecule has 0 radical (unpaired) electrons. The third kappa shape index (κ3) is 2.86. The summed E-state index contributed by atoms with van der Waals surface area (Å²) in [5.41, 5.74) is -1.95. The molecule has 0 aromatic rings. The van der Waals surface area contributed by atoms with Crippen LogP contribution >= 0.6 is 0 Å². The van der Waals surface area contributed by atoms with E-state index in [0.717, 1.165) is 0 Å². The quantitative estimate of drug-likeness (QED) is 0.685. The first kappa shape index (κ1) is 18.2. The number of hydrogen-bond acceptors (Lipinski definition) is 9. The summed E-state index contributed by atoms with van der Waals surface area (Å²) in [6.07, 6.45) is -1.59. The second-order valence-electron chi connectivity index (χ2n) is 8.49. The van der Waals surface area contributed by atoms with Crippen molar-refractivity contribution in [2.45, 2.75) is 95.4 Å². The van der Waals surface area contributed by atoms with E-state index in [4.69, 9.17) is 28.4 Å². The summed E-state index contributed by atoms with van der Waals surface area (Å²) in [6, 6.07) is 0. The molecule has 26 heavy (non-hydrogen) atoms. The number of ether oxygens (including phenoxy) is 6. The second-order valence-corrected chi connectivity index (χ2v) is 8.49. The molecule has 9 nitrogen and oxygen atoms in total. The summed E-state index contributed by atoms with van der Waals surface area (Å²) in [7, 11) is 0. The molecule has 3 fully saturated rings. The molecule has 1 spiro atoms. The molecule has 6 atom stereocenters. The van der Waals surface area contributed by atoms with E-state index in [1.54, 1.807) is 6.92 Å². The number of carbonyl (C=O) groups excluding carboxylic acids is 1. The zero-order valence-electron chi connectivity index (χ0n) is 16.0. The standard InChI is InChI=1S/C17H26N2O7/c1-9(20)23-16(6)8-17(19-18-16)11(10-7-21-14(2,3)24-10)22-13-12(17)25-15(4,5)26-13/h10-13H,7-8H2,1-6H3/t10-,11-,12+,13-,16-,17-/m1/s1. The Balaban J connectivity index is 1.66. The highest BCUT2D eigenvalue weighted by atomic mass is 16.8. The van der Waals surface area contributed by atoms with Crippen molar-refractivity contribution in [2.75, 3.05) is 6.61 Å². The van der Waals surface area contributed by atoms with Gasteiger partial charge in [0.2, 0.25) is 5.72 Å². The Morgan fingerprint density at radius 1 is 1.00 bits per heavy atom. The van der Waals surface area contributed by atoms with E-state index in [1.807, 2.05) is 27.7 Å². The topological polar surface area (TPSA) is 97.2 Å². The normalized spacial score (nSPS) is 48.2. The van der Waals surface area contributed by atoms with Crippen molar-refractivity contribution >= 4 is 5.97 Å². The van der Waals surface area contributed by atoms with Crippen molar-refractivity contribution in [1.29, 1.82) is 0 Å². The molecule has 146 valence electrons. The summed E-state index contributed by atoms with van der Waals surface area (Å²) in [4.78, 5) is 11.5. The van der Waals surface area contributed by atoms with Gasteiger partial charge in [-0.05, 0) is 34.6 Å². The van der Waals surface area contributed by atoms with Gasteiger partial charge in [0.25, 0.3) is 0 Å². The predicted molar refractivity (Wildman–Crippen MR) is 86.0 cm³/mol. The lowest BCUT2D eigenvalue weighted by Crippen LogP contribution is -2.53. The highest BCUT2D eigenvalue weighted by molar-refractivity contribution is 5.66. The lowest BCUT2D eigenvalue weighted by Gasteiger charge is -2.35. The van der Waals surface area contributed by atoms with Gasteiger partial charge in [-0.2, -0.15) is 5.11 Å². The monoisotopic (exact) mass is 370 g/mol. The van der Waals surface area contributed by atoms with E-state index in [-0.39, 0.29) is 6.10 Å². The van der Waals surface area contributed by atoms with E-state index < -0.39 is 47.3 Å². The van der Waals surface area contributed by atoms with E-state index in [9.17, 15) is 4.79 Å². The van der Waals surface area contributed by atoms with Crippen LogP contribution in [0.25, 0.3) is 0 Å². The average molecular weight is 370 g/mol. The van der Waals surface area contributed by atoms with Crippen molar-refractivity contribution in [1.82, 2.24) is 0 Å². The van der Waals surface area contributed by atoms with Crippen molar-refractivity contribution < 1.29 is 33.2 Å². The van der Waals surface area contributed by atoms with Gasteiger partial charge in [-0.1, -0.05) is 0 Å². The Kier molecular flexibility index (Phi) is 3.82. The molecule has 0 bridgehead atoms. The summed E-state index contributed by atoms with van der Waals surface area (Å²) < 4.78 is 35.3. The Labute approximate surface area is 152 Å². The Morgan fingerprint density at radius 2 is 1.73 bits per heavy atom. The molecule has 0 amide bonds. The number of rotatable bonds is 2. The molecule has 0 N–H and O–H groups in total. The van der Waals surface area contributed by atoms with Crippen LogP contribution in [0.4, 0.5) is 0 Å². The molecule has 0 aliphatic carbocycles. The molecule has 0 unspecified atom stereocenters. The van der Waals surface area contributed by atoms with E-state index in [0.29, 0.717) is 13.0 Å². The predicted octanol–water partition coefficient (Wildman–Crippen LogP) is 1.89. The Hall–Kier alpha value is -1.13. The van der Waals surface area contributed by atoms with Crippen molar-refractivity contribution in [2.24, 2.45) is 10.2 Å². The third-order valence-corrected chi connectivity index (χ3v) is 5.11. The first-order valence-corrected chi connectivity index (χ1v) is 8.90. The van der Waals surface area contributed by atoms with Gasteiger partial charge >= 0.3 is 5.97 Å². The molecule has 0 aromatic heterocycles. The minimum atomic E-state index is -1.08. The molecule has 4 aliphatic rings. The SMILES string of the molecule is CC(=O)O[C@]1(C)C[C@@]2(N=N1)[C@@H]([C@H]1COC(C)(C)O1)O[C@@H]1OC(C)(C)O[C@@H]12. The zero-order chi connectivity index (χ0) is 19.0. The fourth-order valence-electron chi connectivity index (χ4n) is 4.34. The van der Waals surface area contributed by atoms with Crippen LogP contribution in [0.3, 0.4) is 0 Å². The fraction of sp³-hybridized carbons (Fsp3) is 0.941. The van der Waals surface area contributed by atoms with Gasteiger partial charge in [0, 0.05) is 13.3 Å². The van der Waals surface area contributed by atoms with Crippen LogP contribution in [0.1, 0.15) is 48.0 Å². The minimum Gasteiger partial charge on any atom is -0.436 e. The van der Waals surface area contributed by atoms with Crippen LogP contribution in [0, 0.1) is 0 Å². The maximum absolute atomic E-state index is 11.5. The van der Waals surface area contributed by atoms with Crippen molar-refractivity contribution in [3.63, 3.8) is 0 Å². The minimum absolute atomic E-state index is 0.325. The lowest BCUT2D eigenvalue weighted by molar-refractivity contribution is -0.230. The molecule has 4 heterocycles. The summed E-state index contributed by atoms with van der Waals surface area (Å²) in [6.45, 7) is 10.8. The van der Waals surface area contributed by atoms with Gasteiger partial charge < -0.3 is 28.4 Å². The van der Waals surface area contributed by atoms with Gasteiger partial charge in [0.05, 0.1) is 6.61 Å². The zero-order valence-corrected chi connectivity index (χ0v) is 16.0. The smallest absolute Gasteiger partial charge is 0.304 e. The molecular formula is C17H26N2O7. The number of esters is 1. The highest BCUT2D eigenvalue weighted by Gasteiger charge is 2.70. The number of nitrogens with zero attached hydrogens (tertiary/aromatic N) is 2. The molecule has 0 saturated carbocycles. The van der Waals surface area contributed by atoms with Gasteiger partial charge in [0.1, 0.15) is 23.9 Å². The van der Waals surface area contributed by atoms with E-state index in [2.05, 4.69) is 10.2 Å². The first-order chi connectivity index (χ1) is 11.9. The molecule has 0 aromatic carbocycles. The highest BCUT2D eigenvalue weighted by Crippen LogP contribution is 2.54. The van der Waals surface area contributed by atoms with Gasteiger partial charge in [-0.15, -0.1) is 5.11 Å². The average Bonchev–Trinajstić information content (AvgIpc) is 3.15. The number of fused-ring (bicyclic) bond motifs is 2. The van der Waals surface area contributed by atoms with Crippen LogP contribution < -0.4 is 0 Å². The Bertz CT molecular complexity index is 651.